The Hall–Kier alpha value is -4.52. The first-order chi connectivity index (χ1) is 21.6. The SMILES string of the molecule is COc1ccccc1[C@H](c1c(C)[nH]c2ccccc12)N1CCN([C@@H](c2ccccc2OC)c2c(C)[nH]c3ccccc23)CC1. The number of ether oxygens (including phenoxy) is 2. The highest BCUT2D eigenvalue weighted by Gasteiger charge is 2.35. The highest BCUT2D eigenvalue weighted by atomic mass is 16.5. The van der Waals surface area contributed by atoms with E-state index in [2.05, 4.69) is 131 Å². The van der Waals surface area contributed by atoms with E-state index in [4.69, 9.17) is 9.47 Å². The molecule has 224 valence electrons. The molecule has 4 aromatic carbocycles. The maximum atomic E-state index is 5.95. The zero-order chi connectivity index (χ0) is 30.2. The van der Waals surface area contributed by atoms with E-state index in [0.717, 1.165) is 37.7 Å². The van der Waals surface area contributed by atoms with Crippen molar-refractivity contribution in [2.45, 2.75) is 25.9 Å². The summed E-state index contributed by atoms with van der Waals surface area (Å²) < 4.78 is 11.9. The highest BCUT2D eigenvalue weighted by Crippen LogP contribution is 2.43. The van der Waals surface area contributed by atoms with Gasteiger partial charge in [-0.15, -0.1) is 0 Å². The number of hydrogen-bond donors (Lipinski definition) is 2. The molecule has 0 saturated carbocycles. The number of aromatic amines is 2. The van der Waals surface area contributed by atoms with Crippen molar-refractivity contribution in [3.63, 3.8) is 0 Å². The Bertz CT molecular complexity index is 1770. The molecule has 0 amide bonds. The lowest BCUT2D eigenvalue weighted by atomic mass is 9.91. The van der Waals surface area contributed by atoms with E-state index in [9.17, 15) is 0 Å². The van der Waals surface area contributed by atoms with Gasteiger partial charge in [-0.3, -0.25) is 9.80 Å². The van der Waals surface area contributed by atoms with E-state index in [-0.39, 0.29) is 12.1 Å². The summed E-state index contributed by atoms with van der Waals surface area (Å²) in [7, 11) is 3.55. The number of H-pyrrole nitrogens is 2. The molecule has 6 heteroatoms. The van der Waals surface area contributed by atoms with Crippen molar-refractivity contribution >= 4 is 21.8 Å². The lowest BCUT2D eigenvalue weighted by molar-refractivity contribution is 0.0887. The molecule has 2 atom stereocenters. The van der Waals surface area contributed by atoms with Crippen molar-refractivity contribution < 1.29 is 9.47 Å². The van der Waals surface area contributed by atoms with Crippen LogP contribution in [0.5, 0.6) is 11.5 Å². The summed E-state index contributed by atoms with van der Waals surface area (Å²) in [4.78, 5) is 12.6. The van der Waals surface area contributed by atoms with Crippen LogP contribution >= 0.6 is 0 Å². The molecular formula is C38H40N4O2. The van der Waals surface area contributed by atoms with Gasteiger partial charge in [0.25, 0.3) is 0 Å². The number of nitrogens with one attached hydrogen (secondary N) is 2. The monoisotopic (exact) mass is 584 g/mol. The van der Waals surface area contributed by atoms with Gasteiger partial charge in [0.05, 0.1) is 26.3 Å². The summed E-state index contributed by atoms with van der Waals surface area (Å²) in [6.07, 6.45) is 0. The predicted molar refractivity (Wildman–Crippen MR) is 179 cm³/mol. The molecule has 0 radical (unpaired) electrons. The van der Waals surface area contributed by atoms with Crippen LogP contribution in [0.1, 0.15) is 45.7 Å². The van der Waals surface area contributed by atoms with Crippen molar-refractivity contribution in [2.24, 2.45) is 0 Å². The molecule has 0 spiro atoms. The number of fused-ring (bicyclic) bond motifs is 2. The first-order valence-corrected chi connectivity index (χ1v) is 15.5. The molecule has 6 nitrogen and oxygen atoms in total. The first kappa shape index (κ1) is 28.3. The van der Waals surface area contributed by atoms with Gasteiger partial charge in [-0.05, 0) is 38.1 Å². The zero-order valence-electron chi connectivity index (χ0n) is 25.9. The summed E-state index contributed by atoms with van der Waals surface area (Å²) in [5, 5.41) is 2.54. The summed E-state index contributed by atoms with van der Waals surface area (Å²) in [6, 6.07) is 34.4. The van der Waals surface area contributed by atoms with E-state index < -0.39 is 0 Å². The molecule has 6 aromatic rings. The lowest BCUT2D eigenvalue weighted by Crippen LogP contribution is -2.49. The van der Waals surface area contributed by atoms with Gasteiger partial charge in [-0.1, -0.05) is 72.8 Å². The number of aromatic nitrogens is 2. The molecule has 1 fully saturated rings. The Kier molecular flexibility index (Phi) is 7.62. The second kappa shape index (κ2) is 11.9. The number of hydrogen-bond acceptors (Lipinski definition) is 4. The van der Waals surface area contributed by atoms with Crippen molar-refractivity contribution in [3.05, 3.63) is 131 Å². The Labute approximate surface area is 259 Å². The van der Waals surface area contributed by atoms with E-state index in [0.29, 0.717) is 0 Å². The van der Waals surface area contributed by atoms with Crippen molar-refractivity contribution in [2.75, 3.05) is 40.4 Å². The number of aryl methyl sites for hydroxylation is 2. The highest BCUT2D eigenvalue weighted by molar-refractivity contribution is 5.86. The second-order valence-corrected chi connectivity index (χ2v) is 11.8. The number of benzene rings is 4. The minimum Gasteiger partial charge on any atom is -0.496 e. The Morgan fingerprint density at radius 2 is 0.886 bits per heavy atom. The van der Waals surface area contributed by atoms with Crippen LogP contribution in [0.4, 0.5) is 0 Å². The van der Waals surface area contributed by atoms with Crippen molar-refractivity contribution in [1.29, 1.82) is 0 Å². The molecule has 7 rings (SSSR count). The van der Waals surface area contributed by atoms with Gasteiger partial charge in [0.2, 0.25) is 0 Å². The summed E-state index contributed by atoms with van der Waals surface area (Å²) in [6.45, 7) is 8.05. The van der Waals surface area contributed by atoms with Gasteiger partial charge in [0, 0.05) is 81.6 Å². The van der Waals surface area contributed by atoms with Gasteiger partial charge in [0.1, 0.15) is 11.5 Å². The molecular weight excluding hydrogens is 544 g/mol. The lowest BCUT2D eigenvalue weighted by Gasteiger charge is -2.43. The molecule has 2 N–H and O–H groups in total. The molecule has 1 saturated heterocycles. The fraction of sp³-hybridized carbons (Fsp3) is 0.263. The fourth-order valence-electron chi connectivity index (χ4n) is 7.41. The van der Waals surface area contributed by atoms with Crippen LogP contribution in [-0.2, 0) is 0 Å². The van der Waals surface area contributed by atoms with E-state index >= 15 is 0 Å². The zero-order valence-corrected chi connectivity index (χ0v) is 25.9. The predicted octanol–water partition coefficient (Wildman–Crippen LogP) is 7.78. The summed E-state index contributed by atoms with van der Waals surface area (Å²) in [5.74, 6) is 1.84. The molecule has 44 heavy (non-hydrogen) atoms. The minimum atomic E-state index is 0.0592. The normalized spacial score (nSPS) is 15.9. The minimum absolute atomic E-state index is 0.0592. The molecule has 1 aliphatic heterocycles. The van der Waals surface area contributed by atoms with Crippen LogP contribution in [0, 0.1) is 13.8 Å². The Balaban J connectivity index is 1.29. The third kappa shape index (κ3) is 4.84. The largest absolute Gasteiger partial charge is 0.496 e. The first-order valence-electron chi connectivity index (χ1n) is 15.5. The van der Waals surface area contributed by atoms with Crippen LogP contribution in [0.2, 0.25) is 0 Å². The number of piperazine rings is 1. The van der Waals surface area contributed by atoms with Gasteiger partial charge >= 0.3 is 0 Å². The van der Waals surface area contributed by atoms with Crippen LogP contribution in [-0.4, -0.2) is 60.2 Å². The quantitative estimate of drug-likeness (QED) is 0.192. The van der Waals surface area contributed by atoms with Crippen LogP contribution in [0.3, 0.4) is 0 Å². The molecule has 1 aliphatic rings. The van der Waals surface area contributed by atoms with Crippen molar-refractivity contribution in [3.8, 4) is 11.5 Å². The summed E-state index contributed by atoms with van der Waals surface area (Å²) >= 11 is 0. The molecule has 2 aromatic heterocycles. The van der Waals surface area contributed by atoms with Gasteiger partial charge in [-0.2, -0.15) is 0 Å². The molecule has 0 aliphatic carbocycles. The van der Waals surface area contributed by atoms with E-state index in [1.165, 1.54) is 55.4 Å². The van der Waals surface area contributed by atoms with Gasteiger partial charge in [0.15, 0.2) is 0 Å². The Morgan fingerprint density at radius 1 is 0.523 bits per heavy atom. The second-order valence-electron chi connectivity index (χ2n) is 11.8. The topological polar surface area (TPSA) is 56.5 Å². The van der Waals surface area contributed by atoms with Crippen LogP contribution in [0.15, 0.2) is 97.1 Å². The number of nitrogens with zero attached hydrogens (tertiary/aromatic N) is 2. The van der Waals surface area contributed by atoms with E-state index in [1.54, 1.807) is 14.2 Å². The van der Waals surface area contributed by atoms with E-state index in [1.807, 2.05) is 0 Å². The number of para-hydroxylation sites is 4. The average molecular weight is 585 g/mol. The smallest absolute Gasteiger partial charge is 0.123 e. The average Bonchev–Trinajstić information content (AvgIpc) is 3.58. The third-order valence-electron chi connectivity index (χ3n) is 9.38. The maximum absolute atomic E-state index is 5.95. The van der Waals surface area contributed by atoms with Crippen LogP contribution < -0.4 is 9.47 Å². The Morgan fingerprint density at radius 3 is 1.30 bits per heavy atom. The standard InChI is InChI=1S/C38H40N4O2/c1-25-35(27-13-5-9-17-31(27)39-25)37(29-15-7-11-19-33(29)43-3)41-21-23-42(24-22-41)38(30-16-8-12-20-34(30)44-4)36-26(2)40-32-18-10-6-14-28(32)36/h5-20,37-40H,21-24H2,1-4H3/t37-,38+. The molecule has 3 heterocycles. The molecule has 0 bridgehead atoms. The maximum Gasteiger partial charge on any atom is 0.123 e. The van der Waals surface area contributed by atoms with Crippen LogP contribution in [0.25, 0.3) is 21.8 Å². The number of rotatable bonds is 8. The fourth-order valence-corrected chi connectivity index (χ4v) is 7.41. The third-order valence-corrected chi connectivity index (χ3v) is 9.38. The number of methoxy groups -OCH3 is 2. The molecule has 0 unspecified atom stereocenters. The van der Waals surface area contributed by atoms with Crippen molar-refractivity contribution in [1.82, 2.24) is 19.8 Å². The van der Waals surface area contributed by atoms with Gasteiger partial charge < -0.3 is 19.4 Å². The summed E-state index contributed by atoms with van der Waals surface area (Å²) in [5.41, 5.74) is 9.79. The van der Waals surface area contributed by atoms with Gasteiger partial charge in [-0.25, -0.2) is 0 Å².